The molecule has 1 aromatic heterocycles. The summed E-state index contributed by atoms with van der Waals surface area (Å²) < 4.78 is 0. The summed E-state index contributed by atoms with van der Waals surface area (Å²) in [6.07, 6.45) is 4.16. The molecule has 0 fully saturated rings. The summed E-state index contributed by atoms with van der Waals surface area (Å²) in [4.78, 5) is 16.9. The summed E-state index contributed by atoms with van der Waals surface area (Å²) in [6.45, 7) is 2.02. The first kappa shape index (κ1) is 15.9. The van der Waals surface area contributed by atoms with Crippen molar-refractivity contribution in [2.24, 2.45) is 0 Å². The molecule has 0 spiro atoms. The number of nitrogens with zero attached hydrogens (tertiary/aromatic N) is 1. The minimum absolute atomic E-state index is 0.00334. The fourth-order valence-electron chi connectivity index (χ4n) is 2.75. The first-order valence-corrected chi connectivity index (χ1v) is 8.04. The van der Waals surface area contributed by atoms with E-state index in [1.54, 1.807) is 12.4 Å². The Hall–Kier alpha value is -2.94. The van der Waals surface area contributed by atoms with Gasteiger partial charge in [0, 0.05) is 18.1 Å². The largest absolute Gasteiger partial charge is 0.326 e. The van der Waals surface area contributed by atoms with Crippen LogP contribution in [0.5, 0.6) is 0 Å². The Labute approximate surface area is 142 Å². The Morgan fingerprint density at radius 1 is 1.00 bits per heavy atom. The van der Waals surface area contributed by atoms with Crippen LogP contribution in [0.15, 0.2) is 79.1 Å². The Kier molecular flexibility index (Phi) is 5.02. The van der Waals surface area contributed by atoms with Gasteiger partial charge in [-0.3, -0.25) is 9.78 Å². The fourth-order valence-corrected chi connectivity index (χ4v) is 2.75. The molecule has 2 aromatic carbocycles. The van der Waals surface area contributed by atoms with Gasteiger partial charge in [-0.2, -0.15) is 0 Å². The van der Waals surface area contributed by atoms with Crippen LogP contribution in [-0.2, 0) is 11.2 Å². The van der Waals surface area contributed by atoms with Gasteiger partial charge in [0.15, 0.2) is 0 Å². The summed E-state index contributed by atoms with van der Waals surface area (Å²) in [5.41, 5.74) is 4.06. The minimum atomic E-state index is -0.242. The number of anilines is 1. The smallest absolute Gasteiger partial charge is 0.232 e. The third-order valence-corrected chi connectivity index (χ3v) is 3.99. The molecule has 0 bridgehead atoms. The quantitative estimate of drug-likeness (QED) is 0.760. The second kappa shape index (κ2) is 7.55. The molecule has 0 aliphatic carbocycles. The summed E-state index contributed by atoms with van der Waals surface area (Å²) in [6, 6.07) is 21.7. The van der Waals surface area contributed by atoms with E-state index in [1.165, 1.54) is 0 Å². The molecular formula is C21H20N2O. The lowest BCUT2D eigenvalue weighted by Gasteiger charge is -2.18. The maximum Gasteiger partial charge on any atom is 0.232 e. The lowest BCUT2D eigenvalue weighted by atomic mass is 9.91. The Morgan fingerprint density at radius 2 is 1.75 bits per heavy atom. The maximum atomic E-state index is 12.9. The van der Waals surface area contributed by atoms with Gasteiger partial charge in [0.1, 0.15) is 0 Å². The summed E-state index contributed by atoms with van der Waals surface area (Å²) in [5, 5.41) is 3.05. The van der Waals surface area contributed by atoms with E-state index >= 15 is 0 Å². The Balaban J connectivity index is 1.85. The number of rotatable bonds is 5. The monoisotopic (exact) mass is 316 g/mol. The number of aryl methyl sites for hydroxylation is 1. The average Bonchev–Trinajstić information content (AvgIpc) is 2.61. The van der Waals surface area contributed by atoms with Crippen molar-refractivity contribution >= 4 is 11.6 Å². The molecule has 0 aliphatic heterocycles. The molecule has 3 rings (SSSR count). The van der Waals surface area contributed by atoms with Gasteiger partial charge in [0.2, 0.25) is 5.91 Å². The maximum absolute atomic E-state index is 12.9. The Morgan fingerprint density at radius 3 is 2.46 bits per heavy atom. The molecule has 1 N–H and O–H groups in total. The van der Waals surface area contributed by atoms with Crippen LogP contribution >= 0.6 is 0 Å². The number of aromatic nitrogens is 1. The van der Waals surface area contributed by atoms with Gasteiger partial charge in [0.25, 0.3) is 0 Å². The van der Waals surface area contributed by atoms with E-state index in [4.69, 9.17) is 0 Å². The molecule has 0 aliphatic rings. The molecule has 1 unspecified atom stereocenters. The van der Waals surface area contributed by atoms with Crippen molar-refractivity contribution in [1.29, 1.82) is 0 Å². The van der Waals surface area contributed by atoms with Gasteiger partial charge in [0.05, 0.1) is 5.92 Å². The van der Waals surface area contributed by atoms with E-state index in [0.717, 1.165) is 22.4 Å². The van der Waals surface area contributed by atoms with Crippen molar-refractivity contribution in [3.05, 3.63) is 95.8 Å². The summed E-state index contributed by atoms with van der Waals surface area (Å²) >= 11 is 0. The SMILES string of the molecule is Cc1cccc(NC(=O)C(Cc2ccncc2)c2ccccc2)c1. The average molecular weight is 316 g/mol. The molecule has 120 valence electrons. The third kappa shape index (κ3) is 4.07. The first-order chi connectivity index (χ1) is 11.7. The van der Waals surface area contributed by atoms with E-state index in [-0.39, 0.29) is 11.8 Å². The topological polar surface area (TPSA) is 42.0 Å². The molecule has 0 saturated carbocycles. The highest BCUT2D eigenvalue weighted by Gasteiger charge is 2.21. The number of hydrogen-bond donors (Lipinski definition) is 1. The molecule has 0 saturated heterocycles. The number of hydrogen-bond acceptors (Lipinski definition) is 2. The number of carbonyl (C=O) groups excluding carboxylic acids is 1. The molecule has 3 aromatic rings. The van der Waals surface area contributed by atoms with Gasteiger partial charge in [-0.25, -0.2) is 0 Å². The standard InChI is InChI=1S/C21H20N2O/c1-16-6-5-9-19(14-16)23-21(24)20(18-7-3-2-4-8-18)15-17-10-12-22-13-11-17/h2-14,20H,15H2,1H3,(H,23,24). The van der Waals surface area contributed by atoms with Crippen LogP contribution < -0.4 is 5.32 Å². The minimum Gasteiger partial charge on any atom is -0.326 e. The first-order valence-electron chi connectivity index (χ1n) is 8.04. The van der Waals surface area contributed by atoms with Crippen LogP contribution in [0.2, 0.25) is 0 Å². The third-order valence-electron chi connectivity index (χ3n) is 3.99. The Bertz CT molecular complexity index is 800. The lowest BCUT2D eigenvalue weighted by molar-refractivity contribution is -0.117. The second-order valence-electron chi connectivity index (χ2n) is 5.88. The van der Waals surface area contributed by atoms with Crippen molar-refractivity contribution in [2.75, 3.05) is 5.32 Å². The number of carbonyl (C=O) groups is 1. The number of amides is 1. The zero-order valence-electron chi connectivity index (χ0n) is 13.6. The normalized spacial score (nSPS) is 11.7. The highest BCUT2D eigenvalue weighted by molar-refractivity contribution is 5.96. The van der Waals surface area contributed by atoms with Crippen LogP contribution in [0.1, 0.15) is 22.6 Å². The molecule has 0 radical (unpaired) electrons. The lowest BCUT2D eigenvalue weighted by Crippen LogP contribution is -2.23. The van der Waals surface area contributed by atoms with Crippen molar-refractivity contribution < 1.29 is 4.79 Å². The predicted octanol–water partition coefficient (Wildman–Crippen LogP) is 4.36. The van der Waals surface area contributed by atoms with Crippen molar-refractivity contribution in [3.8, 4) is 0 Å². The van der Waals surface area contributed by atoms with E-state index in [1.807, 2.05) is 73.7 Å². The highest BCUT2D eigenvalue weighted by atomic mass is 16.1. The number of pyridine rings is 1. The molecule has 24 heavy (non-hydrogen) atoms. The summed E-state index contributed by atoms with van der Waals surface area (Å²) in [7, 11) is 0. The van der Waals surface area contributed by atoms with Crippen LogP contribution in [-0.4, -0.2) is 10.9 Å². The van der Waals surface area contributed by atoms with Crippen LogP contribution in [0.4, 0.5) is 5.69 Å². The van der Waals surface area contributed by atoms with Crippen LogP contribution in [0.3, 0.4) is 0 Å². The zero-order chi connectivity index (χ0) is 16.8. The number of nitrogens with one attached hydrogen (secondary N) is 1. The predicted molar refractivity (Wildman–Crippen MR) is 96.9 cm³/mol. The highest BCUT2D eigenvalue weighted by Crippen LogP contribution is 2.23. The van der Waals surface area contributed by atoms with Crippen molar-refractivity contribution in [1.82, 2.24) is 4.98 Å². The molecule has 1 heterocycles. The van der Waals surface area contributed by atoms with Crippen LogP contribution in [0, 0.1) is 6.92 Å². The van der Waals surface area contributed by atoms with Crippen LogP contribution in [0.25, 0.3) is 0 Å². The number of benzene rings is 2. The molecule has 3 heteroatoms. The second-order valence-corrected chi connectivity index (χ2v) is 5.88. The zero-order valence-corrected chi connectivity index (χ0v) is 13.6. The van der Waals surface area contributed by atoms with Gasteiger partial charge in [-0.15, -0.1) is 0 Å². The van der Waals surface area contributed by atoms with Crippen molar-refractivity contribution in [2.45, 2.75) is 19.3 Å². The van der Waals surface area contributed by atoms with Crippen molar-refractivity contribution in [3.63, 3.8) is 0 Å². The van der Waals surface area contributed by atoms with E-state index in [0.29, 0.717) is 6.42 Å². The van der Waals surface area contributed by atoms with E-state index < -0.39 is 0 Å². The molecular weight excluding hydrogens is 296 g/mol. The fraction of sp³-hybridized carbons (Fsp3) is 0.143. The van der Waals surface area contributed by atoms with E-state index in [9.17, 15) is 4.79 Å². The van der Waals surface area contributed by atoms with Gasteiger partial charge < -0.3 is 5.32 Å². The van der Waals surface area contributed by atoms with Gasteiger partial charge in [-0.1, -0.05) is 42.5 Å². The molecule has 3 nitrogen and oxygen atoms in total. The van der Waals surface area contributed by atoms with Gasteiger partial charge in [-0.05, 0) is 54.3 Å². The van der Waals surface area contributed by atoms with Gasteiger partial charge >= 0.3 is 0 Å². The summed E-state index contributed by atoms with van der Waals surface area (Å²) in [5.74, 6) is -0.238. The molecule has 1 amide bonds. The molecule has 1 atom stereocenters. The van der Waals surface area contributed by atoms with E-state index in [2.05, 4.69) is 10.3 Å².